The number of azide groups is 1. The zero-order valence-corrected chi connectivity index (χ0v) is 12.2. The van der Waals surface area contributed by atoms with E-state index in [1.807, 2.05) is 0 Å². The lowest BCUT2D eigenvalue weighted by atomic mass is 9.97. The summed E-state index contributed by atoms with van der Waals surface area (Å²) < 4.78 is 37.4. The van der Waals surface area contributed by atoms with Gasteiger partial charge < -0.3 is 9.47 Å². The molecule has 1 saturated heterocycles. The van der Waals surface area contributed by atoms with Crippen molar-refractivity contribution in [3.63, 3.8) is 0 Å². The third-order valence-corrected chi connectivity index (χ3v) is 3.32. The van der Waals surface area contributed by atoms with Crippen molar-refractivity contribution in [1.82, 2.24) is 0 Å². The summed E-state index contributed by atoms with van der Waals surface area (Å²) in [6.45, 7) is 3.38. The molecule has 1 aliphatic heterocycles. The first-order valence-electron chi connectivity index (χ1n) is 6.03. The Hall–Kier alpha value is -1.35. The van der Waals surface area contributed by atoms with Crippen molar-refractivity contribution in [2.45, 2.75) is 44.6 Å². The molecule has 0 saturated carbocycles. The van der Waals surface area contributed by atoms with Gasteiger partial charge in [0.1, 0.15) is 6.10 Å². The highest BCUT2D eigenvalue weighted by Crippen LogP contribution is 2.26. The van der Waals surface area contributed by atoms with Crippen LogP contribution in [0.15, 0.2) is 5.11 Å². The van der Waals surface area contributed by atoms with Gasteiger partial charge >= 0.3 is 5.97 Å². The van der Waals surface area contributed by atoms with Crippen LogP contribution in [0, 0.1) is 0 Å². The monoisotopic (exact) mass is 307 g/mol. The molecule has 1 aliphatic rings. The predicted octanol–water partition coefficient (Wildman–Crippen LogP) is 0.751. The molecule has 0 amide bonds. The normalized spacial score (nSPS) is 30.4. The van der Waals surface area contributed by atoms with E-state index >= 15 is 0 Å². The van der Waals surface area contributed by atoms with Crippen molar-refractivity contribution in [1.29, 1.82) is 0 Å². The lowest BCUT2D eigenvalue weighted by Gasteiger charge is -2.36. The number of hydrogen-bond donors (Lipinski definition) is 0. The van der Waals surface area contributed by atoms with Gasteiger partial charge in [0.25, 0.3) is 10.1 Å². The van der Waals surface area contributed by atoms with Crippen LogP contribution in [-0.2, 0) is 28.6 Å². The molecular weight excluding hydrogens is 290 g/mol. The van der Waals surface area contributed by atoms with E-state index in [0.717, 1.165) is 6.26 Å². The number of ether oxygens (including phenoxy) is 2. The average molecular weight is 307 g/mol. The molecule has 114 valence electrons. The molecule has 1 heterocycles. The largest absolute Gasteiger partial charge is 0.464 e. The van der Waals surface area contributed by atoms with Crippen molar-refractivity contribution in [3.05, 3.63) is 10.4 Å². The van der Waals surface area contributed by atoms with Crippen LogP contribution >= 0.6 is 0 Å². The number of nitrogens with zero attached hydrogens (tertiary/aromatic N) is 3. The van der Waals surface area contributed by atoms with Crippen LogP contribution in [-0.4, -0.2) is 51.6 Å². The maximum absolute atomic E-state index is 11.7. The summed E-state index contributed by atoms with van der Waals surface area (Å²) in [5, 5.41) is 3.46. The first-order chi connectivity index (χ1) is 9.28. The van der Waals surface area contributed by atoms with Gasteiger partial charge in [-0.2, -0.15) is 8.42 Å². The van der Waals surface area contributed by atoms with Gasteiger partial charge in [-0.25, -0.2) is 4.79 Å². The maximum Gasteiger partial charge on any atom is 0.335 e. The molecule has 1 rings (SSSR count). The molecule has 0 bridgehead atoms. The minimum atomic E-state index is -3.67. The lowest BCUT2D eigenvalue weighted by molar-refractivity contribution is -0.173. The fourth-order valence-corrected chi connectivity index (χ4v) is 2.60. The molecule has 0 aromatic carbocycles. The molecule has 0 aromatic heterocycles. The molecule has 20 heavy (non-hydrogen) atoms. The predicted molar refractivity (Wildman–Crippen MR) is 68.2 cm³/mol. The second kappa shape index (κ2) is 6.89. The summed E-state index contributed by atoms with van der Waals surface area (Å²) in [4.78, 5) is 14.4. The van der Waals surface area contributed by atoms with Gasteiger partial charge in [0, 0.05) is 4.91 Å². The van der Waals surface area contributed by atoms with Gasteiger partial charge in [-0.3, -0.25) is 4.18 Å². The maximum atomic E-state index is 11.7. The van der Waals surface area contributed by atoms with Crippen LogP contribution in [0.2, 0.25) is 0 Å². The number of rotatable bonds is 5. The summed E-state index contributed by atoms with van der Waals surface area (Å²) in [5.41, 5.74) is 8.52. The molecule has 0 N–H and O–H groups in total. The molecular formula is C10H17N3O6S. The quantitative estimate of drug-likeness (QED) is 0.242. The Morgan fingerprint density at radius 2 is 2.20 bits per heavy atom. The number of hydrogen-bond acceptors (Lipinski definition) is 7. The van der Waals surface area contributed by atoms with Gasteiger partial charge in [0.05, 0.1) is 25.0 Å². The standard InChI is InChI=1S/C10H17N3O6S/c1-4-17-10(14)9-7(12-13-11)5-8(6(2)18-9)19-20(3,15)16/h6-9H,4-5H2,1-3H3/t6-,7+,8-,9+/m0/s1. The van der Waals surface area contributed by atoms with Crippen LogP contribution in [0.5, 0.6) is 0 Å². The summed E-state index contributed by atoms with van der Waals surface area (Å²) in [7, 11) is -3.67. The van der Waals surface area contributed by atoms with Gasteiger partial charge in [0.15, 0.2) is 6.10 Å². The van der Waals surface area contributed by atoms with E-state index in [4.69, 9.17) is 19.2 Å². The molecule has 0 spiro atoms. The Labute approximate surface area is 116 Å². The van der Waals surface area contributed by atoms with Crippen LogP contribution in [0.4, 0.5) is 0 Å². The fourth-order valence-electron chi connectivity index (χ4n) is 1.92. The number of carbonyl (C=O) groups is 1. The van der Waals surface area contributed by atoms with Crippen molar-refractivity contribution >= 4 is 16.1 Å². The van der Waals surface area contributed by atoms with Gasteiger partial charge in [-0.1, -0.05) is 5.11 Å². The van der Waals surface area contributed by atoms with Crippen LogP contribution in [0.3, 0.4) is 0 Å². The number of carbonyl (C=O) groups excluding carboxylic acids is 1. The molecule has 0 unspecified atom stereocenters. The van der Waals surface area contributed by atoms with Crippen LogP contribution in [0.25, 0.3) is 10.4 Å². The van der Waals surface area contributed by atoms with E-state index in [1.54, 1.807) is 13.8 Å². The van der Waals surface area contributed by atoms with E-state index in [1.165, 1.54) is 0 Å². The smallest absolute Gasteiger partial charge is 0.335 e. The van der Waals surface area contributed by atoms with E-state index in [0.29, 0.717) is 0 Å². The highest BCUT2D eigenvalue weighted by atomic mass is 32.2. The Morgan fingerprint density at radius 1 is 1.55 bits per heavy atom. The Morgan fingerprint density at radius 3 is 2.70 bits per heavy atom. The zero-order valence-electron chi connectivity index (χ0n) is 11.4. The third kappa shape index (κ3) is 4.64. The topological polar surface area (TPSA) is 128 Å². The molecule has 9 nitrogen and oxygen atoms in total. The van der Waals surface area contributed by atoms with Crippen molar-refractivity contribution < 1.29 is 26.9 Å². The molecule has 4 atom stereocenters. The average Bonchev–Trinajstić information content (AvgIpc) is 2.31. The first kappa shape index (κ1) is 16.7. The summed E-state index contributed by atoms with van der Waals surface area (Å²) in [5.74, 6) is -0.644. The highest BCUT2D eigenvalue weighted by molar-refractivity contribution is 7.86. The zero-order chi connectivity index (χ0) is 15.3. The van der Waals surface area contributed by atoms with Gasteiger partial charge in [0.2, 0.25) is 0 Å². The lowest BCUT2D eigenvalue weighted by Crippen LogP contribution is -2.50. The van der Waals surface area contributed by atoms with Crippen LogP contribution in [0.1, 0.15) is 20.3 Å². The Balaban J connectivity index is 2.88. The van der Waals surface area contributed by atoms with E-state index in [2.05, 4.69) is 10.0 Å². The highest BCUT2D eigenvalue weighted by Gasteiger charge is 2.42. The van der Waals surface area contributed by atoms with Gasteiger partial charge in [-0.15, -0.1) is 0 Å². The summed E-state index contributed by atoms with van der Waals surface area (Å²) >= 11 is 0. The van der Waals surface area contributed by atoms with Crippen molar-refractivity contribution in [2.24, 2.45) is 5.11 Å². The van der Waals surface area contributed by atoms with E-state index in [9.17, 15) is 13.2 Å². The molecule has 10 heteroatoms. The SMILES string of the molecule is CCOC(=O)[C@@H]1O[C@@H](C)[C@@H](OS(C)(=O)=O)C[C@H]1N=[N+]=[N-]. The second-order valence-corrected chi connectivity index (χ2v) is 5.96. The Bertz CT molecular complexity index is 501. The molecule has 0 radical (unpaired) electrons. The molecule has 0 aliphatic carbocycles. The van der Waals surface area contributed by atoms with Crippen LogP contribution < -0.4 is 0 Å². The second-order valence-electron chi connectivity index (χ2n) is 4.36. The van der Waals surface area contributed by atoms with Crippen molar-refractivity contribution in [3.8, 4) is 0 Å². The first-order valence-corrected chi connectivity index (χ1v) is 7.84. The minimum absolute atomic E-state index is 0.0573. The number of esters is 1. The van der Waals surface area contributed by atoms with Gasteiger partial charge in [-0.05, 0) is 25.8 Å². The van der Waals surface area contributed by atoms with Crippen molar-refractivity contribution in [2.75, 3.05) is 12.9 Å². The fraction of sp³-hybridized carbons (Fsp3) is 0.900. The molecule has 0 aromatic rings. The minimum Gasteiger partial charge on any atom is -0.464 e. The van der Waals surface area contributed by atoms with E-state index < -0.39 is 40.4 Å². The Kier molecular flexibility index (Phi) is 5.75. The summed E-state index contributed by atoms with van der Waals surface area (Å²) in [6, 6.07) is -0.873. The molecule has 1 fully saturated rings. The third-order valence-electron chi connectivity index (χ3n) is 2.73. The van der Waals surface area contributed by atoms with E-state index in [-0.39, 0.29) is 13.0 Å². The summed E-state index contributed by atoms with van der Waals surface area (Å²) in [6.07, 6.45) is -1.54.